The quantitative estimate of drug-likeness (QED) is 0.849. The first kappa shape index (κ1) is 14.7. The van der Waals surface area contributed by atoms with Crippen LogP contribution in [0, 0.1) is 11.6 Å². The van der Waals surface area contributed by atoms with Crippen molar-refractivity contribution >= 4 is 17.4 Å². The lowest BCUT2D eigenvalue weighted by atomic mass is 10.1. The third-order valence-corrected chi connectivity index (χ3v) is 3.17. The summed E-state index contributed by atoms with van der Waals surface area (Å²) in [6.45, 7) is 2.15. The van der Waals surface area contributed by atoms with Gasteiger partial charge in [0, 0.05) is 17.7 Å². The summed E-state index contributed by atoms with van der Waals surface area (Å²) in [5, 5.41) is 3.36. The van der Waals surface area contributed by atoms with Gasteiger partial charge in [-0.3, -0.25) is 0 Å². The zero-order valence-corrected chi connectivity index (χ0v) is 11.7. The Kier molecular flexibility index (Phi) is 4.84. The van der Waals surface area contributed by atoms with Gasteiger partial charge in [-0.2, -0.15) is 0 Å². The first-order valence-corrected chi connectivity index (χ1v) is 6.66. The Bertz CT molecular complexity index is 605. The molecule has 2 rings (SSSR count). The van der Waals surface area contributed by atoms with Gasteiger partial charge in [-0.15, -0.1) is 0 Å². The number of hydrogen-bond donors (Lipinski definition) is 1. The number of halogens is 3. The zero-order chi connectivity index (χ0) is 14.5. The van der Waals surface area contributed by atoms with Crippen LogP contribution in [-0.4, -0.2) is 9.97 Å². The lowest BCUT2D eigenvalue weighted by Crippen LogP contribution is -2.07. The number of nitrogens with one attached hydrogen (secondary N) is 1. The van der Waals surface area contributed by atoms with E-state index < -0.39 is 11.6 Å². The van der Waals surface area contributed by atoms with Crippen LogP contribution in [-0.2, 0) is 13.0 Å². The van der Waals surface area contributed by atoms with E-state index in [0.29, 0.717) is 17.4 Å². The van der Waals surface area contributed by atoms with Gasteiger partial charge < -0.3 is 5.32 Å². The minimum absolute atomic E-state index is 0.133. The highest BCUT2D eigenvalue weighted by Crippen LogP contribution is 2.22. The average molecular weight is 298 g/mol. The van der Waals surface area contributed by atoms with Crippen LogP contribution < -0.4 is 5.32 Å². The minimum atomic E-state index is -0.474. The van der Waals surface area contributed by atoms with Gasteiger partial charge in [0.05, 0.1) is 0 Å². The summed E-state index contributed by atoms with van der Waals surface area (Å²) < 4.78 is 26.6. The number of rotatable bonds is 5. The van der Waals surface area contributed by atoms with Gasteiger partial charge in [0.15, 0.2) is 0 Å². The lowest BCUT2D eigenvalue weighted by molar-refractivity contribution is 0.587. The fraction of sp³-hybridized carbons (Fsp3) is 0.286. The molecule has 106 valence electrons. The number of hydrogen-bond acceptors (Lipinski definition) is 3. The summed E-state index contributed by atoms with van der Waals surface area (Å²) in [6.07, 6.45) is 2.94. The largest absolute Gasteiger partial charge is 0.366 e. The van der Waals surface area contributed by atoms with Gasteiger partial charge in [-0.05, 0) is 24.6 Å². The molecule has 0 bridgehead atoms. The number of benzene rings is 1. The third-order valence-electron chi connectivity index (χ3n) is 2.85. The molecule has 0 saturated carbocycles. The molecule has 2 aromatic rings. The molecule has 0 radical (unpaired) electrons. The zero-order valence-electron chi connectivity index (χ0n) is 11.0. The van der Waals surface area contributed by atoms with E-state index >= 15 is 0 Å². The average Bonchev–Trinajstić information content (AvgIpc) is 2.43. The molecule has 3 nitrogen and oxygen atoms in total. The lowest BCUT2D eigenvalue weighted by Gasteiger charge is -2.11. The van der Waals surface area contributed by atoms with E-state index in [4.69, 9.17) is 11.6 Å². The minimum Gasteiger partial charge on any atom is -0.366 e. The highest BCUT2D eigenvalue weighted by molar-refractivity contribution is 6.30. The van der Waals surface area contributed by atoms with E-state index in [1.54, 1.807) is 0 Å². The first-order chi connectivity index (χ1) is 9.61. The van der Waals surface area contributed by atoms with Crippen molar-refractivity contribution in [2.24, 2.45) is 0 Å². The second-order valence-electron chi connectivity index (χ2n) is 4.33. The molecule has 0 aliphatic heterocycles. The summed E-state index contributed by atoms with van der Waals surface area (Å²) in [5.74, 6) is -0.385. The van der Waals surface area contributed by atoms with Crippen molar-refractivity contribution in [3.8, 4) is 0 Å². The fourth-order valence-corrected chi connectivity index (χ4v) is 2.10. The molecule has 1 heterocycles. The predicted octanol–water partition coefficient (Wildman–Crippen LogP) is 3.97. The van der Waals surface area contributed by atoms with Gasteiger partial charge in [0.1, 0.15) is 28.9 Å². The maximum atomic E-state index is 13.5. The van der Waals surface area contributed by atoms with Crippen LogP contribution in [0.4, 0.5) is 14.6 Å². The third kappa shape index (κ3) is 3.42. The van der Waals surface area contributed by atoms with Crippen molar-refractivity contribution < 1.29 is 8.78 Å². The molecule has 0 unspecified atom stereocenters. The number of aromatic nitrogens is 2. The van der Waals surface area contributed by atoms with Gasteiger partial charge >= 0.3 is 0 Å². The Morgan fingerprint density at radius 3 is 2.80 bits per heavy atom. The summed E-state index contributed by atoms with van der Waals surface area (Å²) in [7, 11) is 0. The maximum absolute atomic E-state index is 13.5. The molecule has 0 fully saturated rings. The van der Waals surface area contributed by atoms with Crippen molar-refractivity contribution in [3.63, 3.8) is 0 Å². The molecule has 1 aromatic heterocycles. The fourth-order valence-electron chi connectivity index (χ4n) is 1.87. The summed E-state index contributed by atoms with van der Waals surface area (Å²) >= 11 is 6.02. The molecule has 0 amide bonds. The number of anilines is 1. The molecule has 0 aliphatic carbocycles. The first-order valence-electron chi connectivity index (χ1n) is 6.29. The highest BCUT2D eigenvalue weighted by Gasteiger charge is 2.10. The molecule has 0 saturated heterocycles. The molecule has 1 N–H and O–H groups in total. The SMILES string of the molecule is CCCc1c(Cl)ncnc1NCc1cc(F)ccc1F. The smallest absolute Gasteiger partial charge is 0.137 e. The van der Waals surface area contributed by atoms with Crippen LogP contribution in [0.5, 0.6) is 0 Å². The molecule has 0 aliphatic rings. The molecule has 1 aromatic carbocycles. The van der Waals surface area contributed by atoms with E-state index in [0.717, 1.165) is 30.2 Å². The van der Waals surface area contributed by atoms with Gasteiger partial charge in [-0.25, -0.2) is 18.7 Å². The summed E-state index contributed by atoms with van der Waals surface area (Å²) in [4.78, 5) is 8.03. The summed E-state index contributed by atoms with van der Waals surface area (Å²) in [6, 6.07) is 3.35. The van der Waals surface area contributed by atoms with Gasteiger partial charge in [-0.1, -0.05) is 24.9 Å². The Labute approximate surface area is 121 Å². The molecular formula is C14H14ClF2N3. The van der Waals surface area contributed by atoms with Gasteiger partial charge in [0.2, 0.25) is 0 Å². The van der Waals surface area contributed by atoms with Crippen LogP contribution >= 0.6 is 11.6 Å². The normalized spacial score (nSPS) is 10.6. The Morgan fingerprint density at radius 2 is 2.05 bits per heavy atom. The standard InChI is InChI=1S/C14H14ClF2N3/c1-2-3-11-13(15)19-8-20-14(11)18-7-9-6-10(16)4-5-12(9)17/h4-6,8H,2-3,7H2,1H3,(H,18,19,20). The second-order valence-corrected chi connectivity index (χ2v) is 4.69. The van der Waals surface area contributed by atoms with Gasteiger partial charge in [0.25, 0.3) is 0 Å². The van der Waals surface area contributed by atoms with Crippen molar-refractivity contribution in [2.45, 2.75) is 26.3 Å². The summed E-state index contributed by atoms with van der Waals surface area (Å²) in [5.41, 5.74) is 1.02. The van der Waals surface area contributed by atoms with E-state index in [1.807, 2.05) is 6.92 Å². The Hall–Kier alpha value is -1.75. The van der Waals surface area contributed by atoms with E-state index in [9.17, 15) is 8.78 Å². The molecule has 6 heteroatoms. The van der Waals surface area contributed by atoms with Crippen LogP contribution in [0.1, 0.15) is 24.5 Å². The molecule has 0 spiro atoms. The van der Waals surface area contributed by atoms with Crippen LogP contribution in [0.15, 0.2) is 24.5 Å². The van der Waals surface area contributed by atoms with Crippen molar-refractivity contribution in [1.82, 2.24) is 9.97 Å². The van der Waals surface area contributed by atoms with E-state index in [2.05, 4.69) is 15.3 Å². The van der Waals surface area contributed by atoms with Crippen molar-refractivity contribution in [1.29, 1.82) is 0 Å². The number of nitrogens with zero attached hydrogens (tertiary/aromatic N) is 2. The van der Waals surface area contributed by atoms with Crippen molar-refractivity contribution in [2.75, 3.05) is 5.32 Å². The second kappa shape index (κ2) is 6.61. The van der Waals surface area contributed by atoms with E-state index in [1.165, 1.54) is 6.33 Å². The van der Waals surface area contributed by atoms with Crippen LogP contribution in [0.25, 0.3) is 0 Å². The van der Waals surface area contributed by atoms with Crippen LogP contribution in [0.2, 0.25) is 5.15 Å². The Morgan fingerprint density at radius 1 is 1.25 bits per heavy atom. The topological polar surface area (TPSA) is 37.8 Å². The maximum Gasteiger partial charge on any atom is 0.137 e. The van der Waals surface area contributed by atoms with Crippen molar-refractivity contribution in [3.05, 3.63) is 52.4 Å². The molecular weight excluding hydrogens is 284 g/mol. The monoisotopic (exact) mass is 297 g/mol. The Balaban J connectivity index is 2.18. The molecule has 0 atom stereocenters. The highest BCUT2D eigenvalue weighted by atomic mass is 35.5. The molecule has 20 heavy (non-hydrogen) atoms. The van der Waals surface area contributed by atoms with Crippen LogP contribution in [0.3, 0.4) is 0 Å². The predicted molar refractivity (Wildman–Crippen MR) is 74.7 cm³/mol. The van der Waals surface area contributed by atoms with E-state index in [-0.39, 0.29) is 12.1 Å².